The average molecular weight is 460 g/mol. The van der Waals surface area contributed by atoms with E-state index in [1.165, 1.54) is 16.6 Å². The summed E-state index contributed by atoms with van der Waals surface area (Å²) in [5, 5.41) is 5.45. The predicted octanol–water partition coefficient (Wildman–Crippen LogP) is 3.94. The number of carbonyl (C=O) groups is 2. The summed E-state index contributed by atoms with van der Waals surface area (Å²) in [6, 6.07) is 11.1. The maximum Gasteiger partial charge on any atom is 0.291 e. The van der Waals surface area contributed by atoms with Crippen molar-refractivity contribution in [3.05, 3.63) is 64.9 Å². The van der Waals surface area contributed by atoms with Crippen molar-refractivity contribution in [3.63, 3.8) is 0 Å². The zero-order valence-corrected chi connectivity index (χ0v) is 18.4. The lowest BCUT2D eigenvalue weighted by atomic mass is 10.2. The molecular weight excluding hydrogens is 438 g/mol. The molecule has 162 valence electrons. The zero-order valence-electron chi connectivity index (χ0n) is 16.8. The van der Waals surface area contributed by atoms with E-state index in [9.17, 15) is 18.0 Å². The van der Waals surface area contributed by atoms with Gasteiger partial charge in [0.15, 0.2) is 5.76 Å². The third kappa shape index (κ3) is 4.55. The summed E-state index contributed by atoms with van der Waals surface area (Å²) >= 11 is 1.14. The van der Waals surface area contributed by atoms with E-state index in [0.29, 0.717) is 34.9 Å². The van der Waals surface area contributed by atoms with Crippen molar-refractivity contribution in [3.8, 4) is 0 Å². The number of anilines is 2. The quantitative estimate of drug-likeness (QED) is 0.580. The summed E-state index contributed by atoms with van der Waals surface area (Å²) in [6.45, 7) is 2.82. The molecule has 31 heavy (non-hydrogen) atoms. The number of aryl methyl sites for hydroxylation is 1. The van der Waals surface area contributed by atoms with Crippen LogP contribution in [0.5, 0.6) is 0 Å². The standard InChI is InChI=1S/C21H21N3O5S2/c1-14-17(13-19(30-14)31(27,28)24-9-2-3-10-24)23-20(25)15-6-4-7-16(12-15)22-21(26)18-8-5-11-29-18/h4-8,11-13H,2-3,9-10H2,1H3,(H,22,26)(H,23,25). The first-order chi connectivity index (χ1) is 14.8. The van der Waals surface area contributed by atoms with Crippen molar-refractivity contribution in [2.24, 2.45) is 0 Å². The number of benzene rings is 1. The van der Waals surface area contributed by atoms with Crippen LogP contribution in [-0.2, 0) is 10.0 Å². The predicted molar refractivity (Wildman–Crippen MR) is 118 cm³/mol. The maximum absolute atomic E-state index is 12.8. The van der Waals surface area contributed by atoms with Gasteiger partial charge in [-0.3, -0.25) is 9.59 Å². The molecule has 0 radical (unpaired) electrons. The van der Waals surface area contributed by atoms with Crippen LogP contribution in [-0.4, -0.2) is 37.6 Å². The number of nitrogens with zero attached hydrogens (tertiary/aromatic N) is 1. The Labute approximate surface area is 183 Å². The largest absolute Gasteiger partial charge is 0.459 e. The molecule has 1 aliphatic heterocycles. The Morgan fingerprint density at radius 1 is 1.03 bits per heavy atom. The van der Waals surface area contributed by atoms with Gasteiger partial charge in [0.2, 0.25) is 0 Å². The smallest absolute Gasteiger partial charge is 0.291 e. The Balaban J connectivity index is 1.49. The minimum Gasteiger partial charge on any atom is -0.459 e. The Morgan fingerprint density at radius 3 is 2.52 bits per heavy atom. The van der Waals surface area contributed by atoms with E-state index in [1.807, 2.05) is 0 Å². The first kappa shape index (κ1) is 21.3. The summed E-state index contributed by atoms with van der Waals surface area (Å²) in [6.07, 6.45) is 3.13. The summed E-state index contributed by atoms with van der Waals surface area (Å²) in [7, 11) is -3.54. The highest BCUT2D eigenvalue weighted by Crippen LogP contribution is 2.33. The molecule has 0 saturated carbocycles. The van der Waals surface area contributed by atoms with Gasteiger partial charge in [-0.15, -0.1) is 11.3 Å². The number of amides is 2. The molecule has 2 amide bonds. The first-order valence-electron chi connectivity index (χ1n) is 9.71. The summed E-state index contributed by atoms with van der Waals surface area (Å²) in [5.74, 6) is -0.663. The number of sulfonamides is 1. The lowest BCUT2D eigenvalue weighted by molar-refractivity contribution is 0.0993. The van der Waals surface area contributed by atoms with Crippen LogP contribution < -0.4 is 10.6 Å². The number of hydrogen-bond acceptors (Lipinski definition) is 6. The van der Waals surface area contributed by atoms with Crippen LogP contribution in [0.4, 0.5) is 11.4 Å². The van der Waals surface area contributed by atoms with Crippen LogP contribution in [0.1, 0.15) is 38.6 Å². The van der Waals surface area contributed by atoms with Gasteiger partial charge in [-0.25, -0.2) is 8.42 Å². The fourth-order valence-corrected chi connectivity index (χ4v) is 6.37. The Bertz CT molecular complexity index is 1210. The molecule has 10 heteroatoms. The number of thiophene rings is 1. The molecule has 3 heterocycles. The van der Waals surface area contributed by atoms with Crippen LogP contribution in [0.15, 0.2) is 57.4 Å². The third-order valence-corrected chi connectivity index (χ3v) is 8.33. The van der Waals surface area contributed by atoms with Gasteiger partial charge in [0, 0.05) is 29.2 Å². The topological polar surface area (TPSA) is 109 Å². The van der Waals surface area contributed by atoms with Gasteiger partial charge in [-0.2, -0.15) is 4.31 Å². The SMILES string of the molecule is Cc1sc(S(=O)(=O)N2CCCC2)cc1NC(=O)c1cccc(NC(=O)c2ccco2)c1. The monoisotopic (exact) mass is 459 g/mol. The molecule has 0 atom stereocenters. The van der Waals surface area contributed by atoms with Gasteiger partial charge < -0.3 is 15.1 Å². The van der Waals surface area contributed by atoms with Crippen molar-refractivity contribution >= 4 is 44.5 Å². The molecule has 1 aliphatic rings. The average Bonchev–Trinajstić information content (AvgIpc) is 3.51. The van der Waals surface area contributed by atoms with E-state index >= 15 is 0 Å². The molecule has 2 aromatic heterocycles. The van der Waals surface area contributed by atoms with E-state index in [0.717, 1.165) is 24.2 Å². The third-order valence-electron chi connectivity index (χ3n) is 4.93. The normalized spacial score (nSPS) is 14.5. The number of carbonyl (C=O) groups excluding carboxylic acids is 2. The van der Waals surface area contributed by atoms with E-state index in [-0.39, 0.29) is 9.97 Å². The lowest BCUT2D eigenvalue weighted by Crippen LogP contribution is -2.27. The van der Waals surface area contributed by atoms with Gasteiger partial charge in [0.05, 0.1) is 12.0 Å². The van der Waals surface area contributed by atoms with Gasteiger partial charge >= 0.3 is 0 Å². The van der Waals surface area contributed by atoms with Crippen LogP contribution in [0.3, 0.4) is 0 Å². The van der Waals surface area contributed by atoms with Crippen molar-refractivity contribution in [1.29, 1.82) is 0 Å². The highest BCUT2D eigenvalue weighted by molar-refractivity contribution is 7.91. The van der Waals surface area contributed by atoms with Gasteiger partial charge in [-0.05, 0) is 56.2 Å². The molecule has 0 aliphatic carbocycles. The van der Waals surface area contributed by atoms with Crippen LogP contribution >= 0.6 is 11.3 Å². The molecular formula is C21H21N3O5S2. The minimum absolute atomic E-state index is 0.162. The second kappa shape index (κ2) is 8.66. The van der Waals surface area contributed by atoms with Crippen molar-refractivity contribution in [2.45, 2.75) is 24.0 Å². The molecule has 8 nitrogen and oxygen atoms in total. The highest BCUT2D eigenvalue weighted by atomic mass is 32.2. The van der Waals surface area contributed by atoms with E-state index in [2.05, 4.69) is 10.6 Å². The molecule has 1 fully saturated rings. The van der Waals surface area contributed by atoms with Gasteiger partial charge in [0.25, 0.3) is 21.8 Å². The molecule has 1 saturated heterocycles. The lowest BCUT2D eigenvalue weighted by Gasteiger charge is -2.13. The second-order valence-electron chi connectivity index (χ2n) is 7.11. The van der Waals surface area contributed by atoms with Crippen molar-refractivity contribution in [2.75, 3.05) is 23.7 Å². The Kier molecular flexibility index (Phi) is 5.94. The highest BCUT2D eigenvalue weighted by Gasteiger charge is 2.29. The fraction of sp³-hybridized carbons (Fsp3) is 0.238. The molecule has 3 aromatic rings. The number of nitrogens with one attached hydrogen (secondary N) is 2. The van der Waals surface area contributed by atoms with Gasteiger partial charge in [0.1, 0.15) is 4.21 Å². The molecule has 0 unspecified atom stereocenters. The molecule has 2 N–H and O–H groups in total. The number of furan rings is 1. The Hall–Kier alpha value is -2.95. The van der Waals surface area contributed by atoms with Crippen LogP contribution in [0.25, 0.3) is 0 Å². The van der Waals surface area contributed by atoms with Crippen molar-refractivity contribution in [1.82, 2.24) is 4.31 Å². The summed E-state index contributed by atoms with van der Waals surface area (Å²) in [5.41, 5.74) is 1.22. The molecule has 4 rings (SSSR count). The molecule has 0 bridgehead atoms. The van der Waals surface area contributed by atoms with Crippen LogP contribution in [0, 0.1) is 6.92 Å². The minimum atomic E-state index is -3.54. The van der Waals surface area contributed by atoms with E-state index < -0.39 is 21.8 Å². The fourth-order valence-electron chi connectivity index (χ4n) is 3.29. The molecule has 1 aromatic carbocycles. The van der Waals surface area contributed by atoms with Gasteiger partial charge in [-0.1, -0.05) is 6.07 Å². The van der Waals surface area contributed by atoms with Crippen LogP contribution in [0.2, 0.25) is 0 Å². The maximum atomic E-state index is 12.8. The summed E-state index contributed by atoms with van der Waals surface area (Å²) < 4.78 is 32.3. The second-order valence-corrected chi connectivity index (χ2v) is 10.5. The number of hydrogen-bond donors (Lipinski definition) is 2. The number of rotatable bonds is 6. The molecule has 0 spiro atoms. The zero-order chi connectivity index (χ0) is 22.0. The van der Waals surface area contributed by atoms with Crippen molar-refractivity contribution < 1.29 is 22.4 Å². The summed E-state index contributed by atoms with van der Waals surface area (Å²) in [4.78, 5) is 25.6. The Morgan fingerprint density at radius 2 is 1.81 bits per heavy atom. The van der Waals surface area contributed by atoms with E-state index in [4.69, 9.17) is 4.42 Å². The first-order valence-corrected chi connectivity index (χ1v) is 12.0. The van der Waals surface area contributed by atoms with E-state index in [1.54, 1.807) is 43.3 Å².